The van der Waals surface area contributed by atoms with Crippen LogP contribution in [0.25, 0.3) is 0 Å². The Morgan fingerprint density at radius 3 is 2.80 bits per heavy atom. The molecule has 1 amide bonds. The molecule has 136 valence electrons. The van der Waals surface area contributed by atoms with Crippen molar-refractivity contribution in [2.75, 3.05) is 46.4 Å². The molecule has 3 fully saturated rings. The number of aryl methyl sites for hydroxylation is 1. The highest BCUT2D eigenvalue weighted by atomic mass is 16.5. The number of hydrogen-bond acceptors (Lipinski definition) is 3. The summed E-state index contributed by atoms with van der Waals surface area (Å²) in [4.78, 5) is 17.8. The van der Waals surface area contributed by atoms with Gasteiger partial charge in [-0.1, -0.05) is 18.2 Å². The lowest BCUT2D eigenvalue weighted by molar-refractivity contribution is 0.0715. The van der Waals surface area contributed by atoms with Gasteiger partial charge in [0.1, 0.15) is 0 Å². The van der Waals surface area contributed by atoms with Crippen molar-refractivity contribution in [3.8, 4) is 0 Å². The third-order valence-electron chi connectivity index (χ3n) is 6.51. The lowest BCUT2D eigenvalue weighted by Crippen LogP contribution is -2.38. The van der Waals surface area contributed by atoms with Crippen molar-refractivity contribution in [3.05, 3.63) is 35.4 Å². The topological polar surface area (TPSA) is 32.8 Å². The lowest BCUT2D eigenvalue weighted by Gasteiger charge is -2.30. The monoisotopic (exact) mass is 342 g/mol. The van der Waals surface area contributed by atoms with Gasteiger partial charge in [-0.25, -0.2) is 0 Å². The molecule has 0 unspecified atom stereocenters. The minimum atomic E-state index is 0.201. The molecule has 0 N–H and O–H groups in total. The van der Waals surface area contributed by atoms with E-state index in [-0.39, 0.29) is 11.3 Å². The number of rotatable bonds is 5. The van der Waals surface area contributed by atoms with E-state index in [0.29, 0.717) is 5.92 Å². The molecule has 2 aliphatic heterocycles. The van der Waals surface area contributed by atoms with E-state index >= 15 is 0 Å². The molecule has 1 aliphatic carbocycles. The zero-order valence-corrected chi connectivity index (χ0v) is 15.5. The minimum Gasteiger partial charge on any atom is -0.384 e. The van der Waals surface area contributed by atoms with Gasteiger partial charge in [0.15, 0.2) is 0 Å². The Kier molecular flexibility index (Phi) is 4.59. The molecule has 0 radical (unpaired) electrons. The highest BCUT2D eigenvalue weighted by Crippen LogP contribution is 2.45. The minimum absolute atomic E-state index is 0.201. The van der Waals surface area contributed by atoms with E-state index in [1.54, 1.807) is 0 Å². The second kappa shape index (κ2) is 6.73. The molecule has 2 heterocycles. The number of likely N-dealkylation sites (tertiary alicyclic amines) is 2. The van der Waals surface area contributed by atoms with E-state index in [4.69, 9.17) is 4.74 Å². The first-order chi connectivity index (χ1) is 12.1. The molecular weight excluding hydrogens is 312 g/mol. The van der Waals surface area contributed by atoms with Crippen LogP contribution >= 0.6 is 0 Å². The number of hydrogen-bond donors (Lipinski definition) is 0. The van der Waals surface area contributed by atoms with Gasteiger partial charge in [-0.15, -0.1) is 0 Å². The van der Waals surface area contributed by atoms with Crippen molar-refractivity contribution in [2.24, 2.45) is 17.3 Å². The van der Waals surface area contributed by atoms with Crippen LogP contribution in [0.4, 0.5) is 0 Å². The molecule has 3 aliphatic rings. The third-order valence-corrected chi connectivity index (χ3v) is 6.51. The molecule has 4 nitrogen and oxygen atoms in total. The quantitative estimate of drug-likeness (QED) is 0.825. The smallest absolute Gasteiger partial charge is 0.254 e. The van der Waals surface area contributed by atoms with Crippen LogP contribution in [0.3, 0.4) is 0 Å². The molecule has 1 spiro atoms. The second-order valence-electron chi connectivity index (χ2n) is 8.44. The maximum absolute atomic E-state index is 13.0. The summed E-state index contributed by atoms with van der Waals surface area (Å²) in [5, 5.41) is 0. The number of ether oxygens (including phenoxy) is 1. The molecule has 4 heteroatoms. The molecule has 0 aromatic heterocycles. The number of nitrogens with zero attached hydrogens (tertiary/aromatic N) is 2. The Balaban J connectivity index is 1.48. The van der Waals surface area contributed by atoms with E-state index in [1.807, 2.05) is 38.3 Å². The van der Waals surface area contributed by atoms with Crippen LogP contribution < -0.4 is 0 Å². The van der Waals surface area contributed by atoms with Gasteiger partial charge in [-0.05, 0) is 43.7 Å². The summed E-state index contributed by atoms with van der Waals surface area (Å²) in [6.45, 7) is 8.12. The summed E-state index contributed by atoms with van der Waals surface area (Å²) < 4.78 is 5.55. The van der Waals surface area contributed by atoms with Crippen LogP contribution in [0, 0.1) is 24.2 Å². The lowest BCUT2D eigenvalue weighted by atomic mass is 9.77. The fourth-order valence-electron chi connectivity index (χ4n) is 4.89. The van der Waals surface area contributed by atoms with E-state index in [2.05, 4.69) is 9.80 Å². The van der Waals surface area contributed by atoms with Crippen molar-refractivity contribution in [1.82, 2.24) is 9.80 Å². The standard InChI is InChI=1S/C21H30N2O2/c1-16-5-3-4-6-19(16)20(24)23-10-9-21(15-23)14-22(11-17-7-8-17)12-18(21)13-25-2/h3-6,17-18H,7-15H2,1-2H3/t18-,21+/m1/s1. The molecular formula is C21H30N2O2. The maximum atomic E-state index is 13.0. The average molecular weight is 342 g/mol. The van der Waals surface area contributed by atoms with Gasteiger partial charge in [0.25, 0.3) is 5.91 Å². The molecule has 0 bridgehead atoms. The Labute approximate surface area is 151 Å². The summed E-state index contributed by atoms with van der Waals surface area (Å²) >= 11 is 0. The van der Waals surface area contributed by atoms with Crippen molar-refractivity contribution < 1.29 is 9.53 Å². The van der Waals surface area contributed by atoms with Gasteiger partial charge in [0.2, 0.25) is 0 Å². The van der Waals surface area contributed by atoms with Crippen LogP contribution in [0.1, 0.15) is 35.2 Å². The fourth-order valence-corrected chi connectivity index (χ4v) is 4.89. The fraction of sp³-hybridized carbons (Fsp3) is 0.667. The predicted molar refractivity (Wildman–Crippen MR) is 98.7 cm³/mol. The molecule has 2 saturated heterocycles. The number of methoxy groups -OCH3 is 1. The van der Waals surface area contributed by atoms with Crippen LogP contribution in [0.2, 0.25) is 0 Å². The summed E-state index contributed by atoms with van der Waals surface area (Å²) in [5.41, 5.74) is 2.16. The molecule has 1 saturated carbocycles. The van der Waals surface area contributed by atoms with Crippen molar-refractivity contribution in [3.63, 3.8) is 0 Å². The summed E-state index contributed by atoms with van der Waals surface area (Å²) in [6.07, 6.45) is 3.91. The van der Waals surface area contributed by atoms with E-state index in [0.717, 1.165) is 56.3 Å². The first-order valence-corrected chi connectivity index (χ1v) is 9.67. The zero-order chi connectivity index (χ0) is 17.4. The van der Waals surface area contributed by atoms with Crippen molar-refractivity contribution >= 4 is 5.91 Å². The highest BCUT2D eigenvalue weighted by molar-refractivity contribution is 5.95. The Morgan fingerprint density at radius 1 is 1.28 bits per heavy atom. The number of benzene rings is 1. The van der Waals surface area contributed by atoms with Gasteiger partial charge in [0, 0.05) is 56.7 Å². The molecule has 4 rings (SSSR count). The van der Waals surface area contributed by atoms with Gasteiger partial charge < -0.3 is 14.5 Å². The van der Waals surface area contributed by atoms with Gasteiger partial charge >= 0.3 is 0 Å². The van der Waals surface area contributed by atoms with Gasteiger partial charge in [-0.2, -0.15) is 0 Å². The normalized spacial score (nSPS) is 29.7. The summed E-state index contributed by atoms with van der Waals surface area (Å²) in [7, 11) is 1.81. The van der Waals surface area contributed by atoms with Crippen LogP contribution in [-0.4, -0.2) is 62.1 Å². The maximum Gasteiger partial charge on any atom is 0.254 e. The zero-order valence-electron chi connectivity index (χ0n) is 15.5. The average Bonchev–Trinajstić information content (AvgIpc) is 3.21. The van der Waals surface area contributed by atoms with Crippen LogP contribution in [0.15, 0.2) is 24.3 Å². The summed E-state index contributed by atoms with van der Waals surface area (Å²) in [6, 6.07) is 7.95. The van der Waals surface area contributed by atoms with Gasteiger partial charge in [-0.3, -0.25) is 4.79 Å². The molecule has 1 aromatic rings. The Hall–Kier alpha value is -1.39. The van der Waals surface area contributed by atoms with Crippen molar-refractivity contribution in [1.29, 1.82) is 0 Å². The predicted octanol–water partition coefficient (Wildman–Crippen LogP) is 2.82. The second-order valence-corrected chi connectivity index (χ2v) is 8.44. The van der Waals surface area contributed by atoms with Gasteiger partial charge in [0.05, 0.1) is 6.61 Å². The first-order valence-electron chi connectivity index (χ1n) is 9.67. The van der Waals surface area contributed by atoms with Crippen molar-refractivity contribution in [2.45, 2.75) is 26.2 Å². The van der Waals surface area contributed by atoms with E-state index in [9.17, 15) is 4.79 Å². The number of amides is 1. The first kappa shape index (κ1) is 17.0. The molecule has 2 atom stereocenters. The number of carbonyl (C=O) groups is 1. The largest absolute Gasteiger partial charge is 0.384 e. The molecule has 25 heavy (non-hydrogen) atoms. The van der Waals surface area contributed by atoms with Crippen LogP contribution in [-0.2, 0) is 4.74 Å². The van der Waals surface area contributed by atoms with E-state index in [1.165, 1.54) is 19.4 Å². The summed E-state index contributed by atoms with van der Waals surface area (Å²) in [5.74, 6) is 1.67. The van der Waals surface area contributed by atoms with Crippen LogP contribution in [0.5, 0.6) is 0 Å². The molecule has 1 aromatic carbocycles. The Morgan fingerprint density at radius 2 is 2.08 bits per heavy atom. The van der Waals surface area contributed by atoms with E-state index < -0.39 is 0 Å². The Bertz CT molecular complexity index is 643. The number of carbonyl (C=O) groups excluding carboxylic acids is 1. The SMILES string of the molecule is COC[C@H]1CN(CC2CC2)C[C@]12CCN(C(=O)c1ccccc1C)C2. The highest BCUT2D eigenvalue weighted by Gasteiger charge is 2.51. The third kappa shape index (κ3) is 3.34.